The fourth-order valence-electron chi connectivity index (χ4n) is 2.38. The van der Waals surface area contributed by atoms with E-state index in [1.165, 1.54) is 5.56 Å². The number of carbonyl (C=O) groups excluding carboxylic acids is 1. The SMILES string of the molecule is COc1ccc(CCNC(=O)CCc2ccccc2OC)cc1. The summed E-state index contributed by atoms with van der Waals surface area (Å²) >= 11 is 0. The van der Waals surface area contributed by atoms with Gasteiger partial charge in [0.25, 0.3) is 0 Å². The van der Waals surface area contributed by atoms with E-state index in [1.54, 1.807) is 14.2 Å². The van der Waals surface area contributed by atoms with Crippen molar-refractivity contribution >= 4 is 5.91 Å². The molecule has 0 aliphatic carbocycles. The molecule has 4 heteroatoms. The van der Waals surface area contributed by atoms with Crippen LogP contribution in [0.15, 0.2) is 48.5 Å². The summed E-state index contributed by atoms with van der Waals surface area (Å²) in [6, 6.07) is 15.7. The molecule has 2 rings (SSSR count). The molecular weight excluding hydrogens is 290 g/mol. The van der Waals surface area contributed by atoms with Crippen molar-refractivity contribution in [2.45, 2.75) is 19.3 Å². The molecule has 0 aliphatic rings. The fraction of sp³-hybridized carbons (Fsp3) is 0.316. The molecule has 0 spiro atoms. The van der Waals surface area contributed by atoms with Crippen molar-refractivity contribution in [1.29, 1.82) is 0 Å². The number of ether oxygens (including phenoxy) is 2. The lowest BCUT2D eigenvalue weighted by Crippen LogP contribution is -2.25. The Hall–Kier alpha value is -2.49. The minimum Gasteiger partial charge on any atom is -0.497 e. The van der Waals surface area contributed by atoms with Crippen LogP contribution >= 0.6 is 0 Å². The van der Waals surface area contributed by atoms with Crippen LogP contribution in [0.25, 0.3) is 0 Å². The van der Waals surface area contributed by atoms with Gasteiger partial charge in [0.2, 0.25) is 5.91 Å². The largest absolute Gasteiger partial charge is 0.497 e. The molecule has 2 aromatic rings. The standard InChI is InChI=1S/C19H23NO3/c1-22-17-10-7-15(8-11-17)13-14-20-19(21)12-9-16-5-3-4-6-18(16)23-2/h3-8,10-11H,9,12-14H2,1-2H3,(H,20,21). The van der Waals surface area contributed by atoms with Crippen molar-refractivity contribution in [1.82, 2.24) is 5.32 Å². The Kier molecular flexibility index (Phi) is 6.48. The highest BCUT2D eigenvalue weighted by molar-refractivity contribution is 5.76. The van der Waals surface area contributed by atoms with Crippen molar-refractivity contribution < 1.29 is 14.3 Å². The van der Waals surface area contributed by atoms with Crippen LogP contribution in [0, 0.1) is 0 Å². The number of para-hydroxylation sites is 1. The van der Waals surface area contributed by atoms with E-state index < -0.39 is 0 Å². The van der Waals surface area contributed by atoms with Gasteiger partial charge in [0.05, 0.1) is 14.2 Å². The average Bonchev–Trinajstić information content (AvgIpc) is 2.60. The van der Waals surface area contributed by atoms with Crippen LogP contribution in [0.4, 0.5) is 0 Å². The molecule has 0 unspecified atom stereocenters. The van der Waals surface area contributed by atoms with Gasteiger partial charge in [-0.05, 0) is 42.2 Å². The minimum absolute atomic E-state index is 0.0596. The predicted molar refractivity (Wildman–Crippen MR) is 91.0 cm³/mol. The third kappa shape index (κ3) is 5.33. The zero-order chi connectivity index (χ0) is 16.5. The van der Waals surface area contributed by atoms with E-state index in [1.807, 2.05) is 48.5 Å². The highest BCUT2D eigenvalue weighted by Crippen LogP contribution is 2.18. The lowest BCUT2D eigenvalue weighted by Gasteiger charge is -2.09. The summed E-state index contributed by atoms with van der Waals surface area (Å²) in [6.07, 6.45) is 1.95. The molecule has 0 saturated heterocycles. The fourth-order valence-corrected chi connectivity index (χ4v) is 2.38. The van der Waals surface area contributed by atoms with Crippen molar-refractivity contribution in [2.75, 3.05) is 20.8 Å². The molecule has 0 bridgehead atoms. The quantitative estimate of drug-likeness (QED) is 0.815. The molecule has 0 fully saturated rings. The van der Waals surface area contributed by atoms with E-state index in [4.69, 9.17) is 9.47 Å². The van der Waals surface area contributed by atoms with E-state index in [9.17, 15) is 4.79 Å². The van der Waals surface area contributed by atoms with Crippen molar-refractivity contribution in [3.8, 4) is 11.5 Å². The van der Waals surface area contributed by atoms with Crippen LogP contribution in [0.3, 0.4) is 0 Å². The molecule has 2 aromatic carbocycles. The van der Waals surface area contributed by atoms with Crippen LogP contribution in [0.5, 0.6) is 11.5 Å². The molecule has 0 heterocycles. The van der Waals surface area contributed by atoms with E-state index in [0.717, 1.165) is 23.5 Å². The lowest BCUT2D eigenvalue weighted by molar-refractivity contribution is -0.121. The molecule has 0 radical (unpaired) electrons. The Morgan fingerprint density at radius 3 is 2.39 bits per heavy atom. The van der Waals surface area contributed by atoms with Crippen molar-refractivity contribution in [3.05, 3.63) is 59.7 Å². The molecule has 1 amide bonds. The topological polar surface area (TPSA) is 47.6 Å². The first-order valence-electron chi connectivity index (χ1n) is 7.74. The van der Waals surface area contributed by atoms with E-state index in [0.29, 0.717) is 19.4 Å². The Balaban J connectivity index is 1.72. The van der Waals surface area contributed by atoms with Gasteiger partial charge in [0.15, 0.2) is 0 Å². The van der Waals surface area contributed by atoms with Gasteiger partial charge in [-0.2, -0.15) is 0 Å². The summed E-state index contributed by atoms with van der Waals surface area (Å²) in [4.78, 5) is 11.9. The highest BCUT2D eigenvalue weighted by atomic mass is 16.5. The number of methoxy groups -OCH3 is 2. The van der Waals surface area contributed by atoms with Crippen LogP contribution in [-0.2, 0) is 17.6 Å². The Morgan fingerprint density at radius 1 is 0.957 bits per heavy atom. The van der Waals surface area contributed by atoms with Gasteiger partial charge in [-0.3, -0.25) is 4.79 Å². The Labute approximate surface area is 137 Å². The van der Waals surface area contributed by atoms with Gasteiger partial charge in [0.1, 0.15) is 11.5 Å². The second-order valence-electron chi connectivity index (χ2n) is 5.26. The number of hydrogen-bond acceptors (Lipinski definition) is 3. The first kappa shape index (κ1) is 16.9. The predicted octanol–water partition coefficient (Wildman–Crippen LogP) is 3.00. The molecule has 0 atom stereocenters. The first-order chi connectivity index (χ1) is 11.2. The number of amides is 1. The maximum Gasteiger partial charge on any atom is 0.220 e. The van der Waals surface area contributed by atoms with Crippen LogP contribution in [0.1, 0.15) is 17.5 Å². The van der Waals surface area contributed by atoms with Gasteiger partial charge in [-0.25, -0.2) is 0 Å². The Bertz CT molecular complexity index is 623. The maximum absolute atomic E-state index is 11.9. The molecule has 122 valence electrons. The zero-order valence-electron chi connectivity index (χ0n) is 13.7. The second-order valence-corrected chi connectivity index (χ2v) is 5.26. The summed E-state index contributed by atoms with van der Waals surface area (Å²) in [7, 11) is 3.30. The van der Waals surface area contributed by atoms with Gasteiger partial charge in [-0.1, -0.05) is 30.3 Å². The minimum atomic E-state index is 0.0596. The number of aryl methyl sites for hydroxylation is 1. The van der Waals surface area contributed by atoms with Gasteiger partial charge < -0.3 is 14.8 Å². The molecule has 23 heavy (non-hydrogen) atoms. The van der Waals surface area contributed by atoms with Crippen LogP contribution in [-0.4, -0.2) is 26.7 Å². The summed E-state index contributed by atoms with van der Waals surface area (Å²) in [5.41, 5.74) is 2.23. The monoisotopic (exact) mass is 313 g/mol. The van der Waals surface area contributed by atoms with Crippen LogP contribution < -0.4 is 14.8 Å². The molecular formula is C19H23NO3. The summed E-state index contributed by atoms with van der Waals surface area (Å²) in [5, 5.41) is 2.96. The molecule has 0 saturated carbocycles. The zero-order valence-corrected chi connectivity index (χ0v) is 13.7. The smallest absolute Gasteiger partial charge is 0.220 e. The van der Waals surface area contributed by atoms with E-state index >= 15 is 0 Å². The summed E-state index contributed by atoms with van der Waals surface area (Å²) in [6.45, 7) is 0.636. The van der Waals surface area contributed by atoms with E-state index in [2.05, 4.69) is 5.32 Å². The highest BCUT2D eigenvalue weighted by Gasteiger charge is 2.06. The first-order valence-corrected chi connectivity index (χ1v) is 7.74. The third-order valence-electron chi connectivity index (χ3n) is 3.71. The Morgan fingerprint density at radius 2 is 1.70 bits per heavy atom. The summed E-state index contributed by atoms with van der Waals surface area (Å²) in [5.74, 6) is 1.73. The van der Waals surface area contributed by atoms with Crippen molar-refractivity contribution in [3.63, 3.8) is 0 Å². The van der Waals surface area contributed by atoms with Crippen molar-refractivity contribution in [2.24, 2.45) is 0 Å². The van der Waals surface area contributed by atoms with Gasteiger partial charge in [-0.15, -0.1) is 0 Å². The van der Waals surface area contributed by atoms with Gasteiger partial charge >= 0.3 is 0 Å². The molecule has 1 N–H and O–H groups in total. The van der Waals surface area contributed by atoms with Gasteiger partial charge in [0, 0.05) is 13.0 Å². The number of nitrogens with one attached hydrogen (secondary N) is 1. The number of rotatable bonds is 8. The number of hydrogen-bond donors (Lipinski definition) is 1. The second kappa shape index (κ2) is 8.83. The molecule has 0 aromatic heterocycles. The average molecular weight is 313 g/mol. The molecule has 0 aliphatic heterocycles. The molecule has 4 nitrogen and oxygen atoms in total. The maximum atomic E-state index is 11.9. The number of benzene rings is 2. The summed E-state index contributed by atoms with van der Waals surface area (Å²) < 4.78 is 10.4. The normalized spacial score (nSPS) is 10.2. The third-order valence-corrected chi connectivity index (χ3v) is 3.71. The van der Waals surface area contributed by atoms with Crippen LogP contribution in [0.2, 0.25) is 0 Å². The van der Waals surface area contributed by atoms with E-state index in [-0.39, 0.29) is 5.91 Å². The lowest BCUT2D eigenvalue weighted by atomic mass is 10.1. The number of carbonyl (C=O) groups is 1.